The SMILES string of the molecule is Cc1ccc([N+](=O)[O-])c(C(=O)CBr)c1F. The molecule has 0 saturated carbocycles. The Labute approximate surface area is 93.4 Å². The van der Waals surface area contributed by atoms with Gasteiger partial charge in [0, 0.05) is 6.07 Å². The predicted molar refractivity (Wildman–Crippen MR) is 55.9 cm³/mol. The monoisotopic (exact) mass is 275 g/mol. The summed E-state index contributed by atoms with van der Waals surface area (Å²) in [6.45, 7) is 1.45. The van der Waals surface area contributed by atoms with Gasteiger partial charge in [0.1, 0.15) is 11.4 Å². The highest BCUT2D eigenvalue weighted by Gasteiger charge is 2.24. The van der Waals surface area contributed by atoms with Crippen LogP contribution in [0.2, 0.25) is 0 Å². The lowest BCUT2D eigenvalue weighted by atomic mass is 10.1. The molecule has 0 bridgehead atoms. The second-order valence-electron chi connectivity index (χ2n) is 2.90. The van der Waals surface area contributed by atoms with E-state index in [1.807, 2.05) is 0 Å². The summed E-state index contributed by atoms with van der Waals surface area (Å²) in [5.74, 6) is -1.46. The molecule has 0 aliphatic carbocycles. The smallest absolute Gasteiger partial charge is 0.283 e. The van der Waals surface area contributed by atoms with Crippen LogP contribution in [0.5, 0.6) is 0 Å². The second kappa shape index (κ2) is 4.48. The Morgan fingerprint density at radius 1 is 1.60 bits per heavy atom. The minimum absolute atomic E-state index is 0.145. The van der Waals surface area contributed by atoms with E-state index in [1.165, 1.54) is 13.0 Å². The Hall–Kier alpha value is -1.30. The molecule has 6 heteroatoms. The zero-order valence-corrected chi connectivity index (χ0v) is 9.38. The third-order valence-corrected chi connectivity index (χ3v) is 2.42. The number of carbonyl (C=O) groups is 1. The zero-order valence-electron chi connectivity index (χ0n) is 7.79. The number of nitro groups is 1. The average molecular weight is 276 g/mol. The molecule has 0 fully saturated rings. The number of benzene rings is 1. The van der Waals surface area contributed by atoms with E-state index < -0.39 is 27.8 Å². The van der Waals surface area contributed by atoms with Crippen LogP contribution in [-0.4, -0.2) is 16.0 Å². The zero-order chi connectivity index (χ0) is 11.6. The molecule has 4 nitrogen and oxygen atoms in total. The van der Waals surface area contributed by atoms with Crippen molar-refractivity contribution in [1.29, 1.82) is 0 Å². The first-order chi connectivity index (χ1) is 6.99. The lowest BCUT2D eigenvalue weighted by Gasteiger charge is -2.03. The van der Waals surface area contributed by atoms with Crippen LogP contribution in [0, 0.1) is 22.9 Å². The Morgan fingerprint density at radius 2 is 2.20 bits per heavy atom. The van der Waals surface area contributed by atoms with E-state index in [1.54, 1.807) is 0 Å². The van der Waals surface area contributed by atoms with Crippen molar-refractivity contribution < 1.29 is 14.1 Å². The highest BCUT2D eigenvalue weighted by molar-refractivity contribution is 9.09. The summed E-state index contributed by atoms with van der Waals surface area (Å²) in [6, 6.07) is 2.41. The molecular formula is C9H7BrFNO3. The molecule has 0 atom stereocenters. The Kier molecular flexibility index (Phi) is 3.52. The summed E-state index contributed by atoms with van der Waals surface area (Å²) < 4.78 is 13.5. The normalized spacial score (nSPS) is 10.1. The van der Waals surface area contributed by atoms with Crippen molar-refractivity contribution in [2.75, 3.05) is 5.33 Å². The first kappa shape index (κ1) is 11.8. The summed E-state index contributed by atoms with van der Waals surface area (Å²) in [7, 11) is 0. The molecule has 0 spiro atoms. The molecule has 1 rings (SSSR count). The van der Waals surface area contributed by atoms with Crippen molar-refractivity contribution in [3.63, 3.8) is 0 Å². The molecule has 0 radical (unpaired) electrons. The number of nitro benzene ring substituents is 1. The fraction of sp³-hybridized carbons (Fsp3) is 0.222. The van der Waals surface area contributed by atoms with Gasteiger partial charge in [-0.1, -0.05) is 15.9 Å². The van der Waals surface area contributed by atoms with Crippen molar-refractivity contribution in [2.24, 2.45) is 0 Å². The van der Waals surface area contributed by atoms with Crippen LogP contribution in [0.3, 0.4) is 0 Å². The minimum atomic E-state index is -0.825. The van der Waals surface area contributed by atoms with Crippen molar-refractivity contribution in [1.82, 2.24) is 0 Å². The van der Waals surface area contributed by atoms with Gasteiger partial charge in [0.2, 0.25) is 0 Å². The first-order valence-corrected chi connectivity index (χ1v) is 5.13. The largest absolute Gasteiger partial charge is 0.293 e. The molecule has 0 saturated heterocycles. The number of aryl methyl sites for hydroxylation is 1. The van der Waals surface area contributed by atoms with Gasteiger partial charge < -0.3 is 0 Å². The first-order valence-electron chi connectivity index (χ1n) is 4.01. The van der Waals surface area contributed by atoms with E-state index in [0.29, 0.717) is 0 Å². The van der Waals surface area contributed by atoms with Crippen LogP contribution < -0.4 is 0 Å². The van der Waals surface area contributed by atoms with Gasteiger partial charge in [0.15, 0.2) is 5.78 Å². The fourth-order valence-corrected chi connectivity index (χ4v) is 1.43. The van der Waals surface area contributed by atoms with Gasteiger partial charge in [-0.3, -0.25) is 14.9 Å². The number of halogens is 2. The minimum Gasteiger partial charge on any atom is -0.293 e. The van der Waals surface area contributed by atoms with E-state index in [2.05, 4.69) is 15.9 Å². The summed E-state index contributed by atoms with van der Waals surface area (Å²) >= 11 is 2.85. The molecular weight excluding hydrogens is 269 g/mol. The summed E-state index contributed by atoms with van der Waals surface area (Å²) in [4.78, 5) is 21.1. The van der Waals surface area contributed by atoms with Gasteiger partial charge in [-0.15, -0.1) is 0 Å². The molecule has 0 heterocycles. The highest BCUT2D eigenvalue weighted by atomic mass is 79.9. The van der Waals surface area contributed by atoms with Gasteiger partial charge in [-0.05, 0) is 18.6 Å². The fourth-order valence-electron chi connectivity index (χ4n) is 1.15. The Morgan fingerprint density at radius 3 is 2.67 bits per heavy atom. The van der Waals surface area contributed by atoms with Gasteiger partial charge >= 0.3 is 0 Å². The van der Waals surface area contributed by atoms with Gasteiger partial charge in [-0.25, -0.2) is 4.39 Å². The molecule has 0 amide bonds. The number of nitrogens with zero attached hydrogens (tertiary/aromatic N) is 1. The molecule has 80 valence electrons. The van der Waals surface area contributed by atoms with Crippen LogP contribution in [0.1, 0.15) is 15.9 Å². The number of ketones is 1. The topological polar surface area (TPSA) is 60.2 Å². The van der Waals surface area contributed by atoms with E-state index in [9.17, 15) is 19.3 Å². The number of alkyl halides is 1. The molecule has 0 unspecified atom stereocenters. The molecule has 0 aliphatic rings. The maximum absolute atomic E-state index is 13.5. The molecule has 15 heavy (non-hydrogen) atoms. The van der Waals surface area contributed by atoms with Crippen molar-refractivity contribution >= 4 is 27.4 Å². The van der Waals surface area contributed by atoms with Crippen molar-refractivity contribution in [3.05, 3.63) is 39.2 Å². The Balaban J connectivity index is 3.48. The maximum atomic E-state index is 13.5. The number of hydrogen-bond donors (Lipinski definition) is 0. The number of carbonyl (C=O) groups excluding carboxylic acids is 1. The lowest BCUT2D eigenvalue weighted by Crippen LogP contribution is -2.09. The van der Waals surface area contributed by atoms with Gasteiger partial charge in [0.05, 0.1) is 10.3 Å². The third kappa shape index (κ3) is 2.20. The quantitative estimate of drug-likeness (QED) is 0.369. The molecule has 0 aromatic heterocycles. The van der Waals surface area contributed by atoms with Crippen LogP contribution in [0.15, 0.2) is 12.1 Å². The molecule has 0 aliphatic heterocycles. The maximum Gasteiger partial charge on any atom is 0.283 e. The Bertz CT molecular complexity index is 434. The van der Waals surface area contributed by atoms with Crippen molar-refractivity contribution in [3.8, 4) is 0 Å². The van der Waals surface area contributed by atoms with Crippen molar-refractivity contribution in [2.45, 2.75) is 6.92 Å². The molecule has 1 aromatic carbocycles. The van der Waals surface area contributed by atoms with Crippen LogP contribution in [-0.2, 0) is 0 Å². The van der Waals surface area contributed by atoms with Crippen LogP contribution in [0.4, 0.5) is 10.1 Å². The molecule has 1 aromatic rings. The van der Waals surface area contributed by atoms with E-state index in [0.717, 1.165) is 6.07 Å². The standard InChI is InChI=1S/C9H7BrFNO3/c1-5-2-3-6(12(14)15)8(9(5)11)7(13)4-10/h2-3H,4H2,1H3. The summed E-state index contributed by atoms with van der Waals surface area (Å²) in [5, 5.41) is 10.4. The summed E-state index contributed by atoms with van der Waals surface area (Å²) in [5.41, 5.74) is -0.746. The summed E-state index contributed by atoms with van der Waals surface area (Å²) in [6.07, 6.45) is 0. The molecule has 0 N–H and O–H groups in total. The number of hydrogen-bond acceptors (Lipinski definition) is 3. The second-order valence-corrected chi connectivity index (χ2v) is 3.47. The highest BCUT2D eigenvalue weighted by Crippen LogP contribution is 2.24. The van der Waals surface area contributed by atoms with Gasteiger partial charge in [-0.2, -0.15) is 0 Å². The number of rotatable bonds is 3. The van der Waals surface area contributed by atoms with E-state index in [4.69, 9.17) is 0 Å². The van der Waals surface area contributed by atoms with E-state index in [-0.39, 0.29) is 10.9 Å². The third-order valence-electron chi connectivity index (χ3n) is 1.91. The number of Topliss-reactive ketones (excluding diaryl/α,β-unsaturated/α-hetero) is 1. The van der Waals surface area contributed by atoms with Crippen LogP contribution in [0.25, 0.3) is 0 Å². The predicted octanol–water partition coefficient (Wildman–Crippen LogP) is 2.62. The average Bonchev–Trinajstić information content (AvgIpc) is 2.20. The lowest BCUT2D eigenvalue weighted by molar-refractivity contribution is -0.385. The van der Waals surface area contributed by atoms with Crippen LogP contribution >= 0.6 is 15.9 Å². The van der Waals surface area contributed by atoms with E-state index >= 15 is 0 Å². The van der Waals surface area contributed by atoms with Gasteiger partial charge in [0.25, 0.3) is 5.69 Å².